The maximum Gasteiger partial charge on any atom is 0.341 e. The quantitative estimate of drug-likeness (QED) is 0.125. The summed E-state index contributed by atoms with van der Waals surface area (Å²) in [5.41, 5.74) is -0.382. The van der Waals surface area contributed by atoms with E-state index < -0.39 is 17.5 Å². The minimum Gasteiger partial charge on any atom is -0.478 e. The van der Waals surface area contributed by atoms with Crippen LogP contribution in [0.25, 0.3) is 11.6 Å². The zero-order valence-corrected chi connectivity index (χ0v) is 31.1. The number of esters is 1. The van der Waals surface area contributed by atoms with Gasteiger partial charge >= 0.3 is 11.9 Å². The van der Waals surface area contributed by atoms with Gasteiger partial charge in [0.2, 0.25) is 11.8 Å². The number of hydrogen-bond acceptors (Lipinski definition) is 9. The molecule has 4 aromatic heterocycles. The molecule has 0 atom stereocenters. The Morgan fingerprint density at radius 3 is 1.46 bits per heavy atom. The fourth-order valence-electron chi connectivity index (χ4n) is 8.45. The van der Waals surface area contributed by atoms with Crippen LogP contribution in [0.2, 0.25) is 10.3 Å². The van der Waals surface area contributed by atoms with Crippen LogP contribution in [0.1, 0.15) is 92.9 Å². The van der Waals surface area contributed by atoms with Crippen molar-refractivity contribution in [1.82, 2.24) is 29.5 Å². The van der Waals surface area contributed by atoms with Gasteiger partial charge in [-0.15, -0.1) is 10.2 Å². The summed E-state index contributed by atoms with van der Waals surface area (Å²) in [6.45, 7) is 6.88. The first kappa shape index (κ1) is 36.2. The molecule has 0 radical (unpaired) electrons. The Kier molecular flexibility index (Phi) is 10.5. The number of hydrogen-bond donors (Lipinski definition) is 1. The van der Waals surface area contributed by atoms with Crippen LogP contribution in [-0.4, -0.2) is 65.4 Å². The van der Waals surface area contributed by atoms with E-state index in [9.17, 15) is 9.59 Å². The molecule has 8 rings (SSSR count). The number of aromatic carboxylic acids is 1. The highest BCUT2D eigenvalue weighted by molar-refractivity contribution is 6.32. The molecule has 4 aliphatic rings. The molecule has 0 aromatic carbocycles. The SMILES string of the molecule is CC(C)(C)OC(=O)c1ccc(-n2ccc(OCC3C4CCC3CC4)n2)nc1Cl.O=C(O)c1ccc(-n2ccc(OCC3C4CCC3CC4)n2)nc1Cl. The van der Waals surface area contributed by atoms with Crippen LogP contribution in [0.15, 0.2) is 48.8 Å². The molecule has 14 heteroatoms. The van der Waals surface area contributed by atoms with Gasteiger partial charge in [-0.25, -0.2) is 28.9 Å². The Balaban J connectivity index is 0.000000164. The maximum absolute atomic E-state index is 12.2. The summed E-state index contributed by atoms with van der Waals surface area (Å²) in [7, 11) is 0. The molecule has 0 spiro atoms. The Bertz CT molecular complexity index is 1880. The zero-order chi connectivity index (χ0) is 36.6. The highest BCUT2D eigenvalue weighted by Gasteiger charge is 2.42. The normalized spacial score (nSPS) is 24.4. The van der Waals surface area contributed by atoms with Gasteiger partial charge in [0.15, 0.2) is 11.6 Å². The van der Waals surface area contributed by atoms with Crippen LogP contribution >= 0.6 is 23.2 Å². The minimum absolute atomic E-state index is 0.0271. The summed E-state index contributed by atoms with van der Waals surface area (Å²) in [5.74, 6) is 5.16. The highest BCUT2D eigenvalue weighted by Crippen LogP contribution is 2.50. The van der Waals surface area contributed by atoms with Gasteiger partial charge < -0.3 is 19.3 Å². The summed E-state index contributed by atoms with van der Waals surface area (Å²) in [4.78, 5) is 31.6. The van der Waals surface area contributed by atoms with Crippen molar-refractivity contribution < 1.29 is 28.9 Å². The second-order valence-corrected chi connectivity index (χ2v) is 16.0. The number of carbonyl (C=O) groups excluding carboxylic acids is 1. The van der Waals surface area contributed by atoms with Crippen LogP contribution in [0, 0.1) is 35.5 Å². The van der Waals surface area contributed by atoms with E-state index >= 15 is 0 Å². The van der Waals surface area contributed by atoms with Gasteiger partial charge in [0, 0.05) is 24.5 Å². The smallest absolute Gasteiger partial charge is 0.341 e. The number of carboxylic acid groups (broad SMARTS) is 1. The largest absolute Gasteiger partial charge is 0.478 e. The number of aromatic nitrogens is 6. The lowest BCUT2D eigenvalue weighted by atomic mass is 9.99. The van der Waals surface area contributed by atoms with Gasteiger partial charge in [0.1, 0.15) is 15.9 Å². The lowest BCUT2D eigenvalue weighted by Gasteiger charge is -2.19. The molecule has 1 N–H and O–H groups in total. The third-order valence-corrected chi connectivity index (χ3v) is 11.6. The molecule has 0 saturated heterocycles. The van der Waals surface area contributed by atoms with E-state index in [4.69, 9.17) is 42.5 Å². The third-order valence-electron chi connectivity index (χ3n) is 11.0. The molecule has 52 heavy (non-hydrogen) atoms. The molecular weight excluding hydrogens is 707 g/mol. The van der Waals surface area contributed by atoms with Crippen LogP contribution in [0.4, 0.5) is 0 Å². The van der Waals surface area contributed by atoms with Crippen LogP contribution < -0.4 is 9.47 Å². The molecule has 0 amide bonds. The number of fused-ring (bicyclic) bond motifs is 4. The number of carboxylic acids is 1. The third kappa shape index (κ3) is 8.07. The molecule has 4 saturated carbocycles. The van der Waals surface area contributed by atoms with Crippen molar-refractivity contribution in [2.45, 2.75) is 77.7 Å². The molecule has 4 fully saturated rings. The Morgan fingerprint density at radius 2 is 1.10 bits per heavy atom. The van der Waals surface area contributed by atoms with Gasteiger partial charge in [-0.3, -0.25) is 0 Å². The topological polar surface area (TPSA) is 143 Å². The van der Waals surface area contributed by atoms with Gasteiger partial charge in [-0.05, 0) is 132 Å². The molecule has 4 aliphatic carbocycles. The lowest BCUT2D eigenvalue weighted by molar-refractivity contribution is 0.00690. The van der Waals surface area contributed by atoms with E-state index in [1.807, 2.05) is 26.8 Å². The molecule has 276 valence electrons. The first-order valence-electron chi connectivity index (χ1n) is 18.1. The highest BCUT2D eigenvalue weighted by atomic mass is 35.5. The predicted molar refractivity (Wildman–Crippen MR) is 194 cm³/mol. The second-order valence-electron chi connectivity index (χ2n) is 15.3. The van der Waals surface area contributed by atoms with Gasteiger partial charge in [-0.1, -0.05) is 23.2 Å². The fraction of sp³-hybridized carbons (Fsp3) is 0.526. The van der Waals surface area contributed by atoms with Crippen LogP contribution in [-0.2, 0) is 4.74 Å². The second kappa shape index (κ2) is 15.1. The minimum atomic E-state index is -1.10. The van der Waals surface area contributed by atoms with Gasteiger partial charge in [0.05, 0.1) is 24.3 Å². The standard InChI is InChI=1S/C21H26ClN3O3.C17H18ClN3O3/c1-21(2,3)28-20(26)15-8-9-17(23-19(15)22)25-11-10-18(24-25)27-12-16-13-4-5-14(16)7-6-13;18-16-12(17(22)23)5-6-14(19-16)21-8-7-15(20-21)24-9-13-10-1-2-11(13)4-3-10/h8-11,13-14,16H,4-7,12H2,1-3H3;5-8,10-11,13H,1-4,9H2,(H,22,23). The summed E-state index contributed by atoms with van der Waals surface area (Å²) >= 11 is 12.1. The monoisotopic (exact) mass is 750 g/mol. The van der Waals surface area contributed by atoms with E-state index in [0.29, 0.717) is 35.2 Å². The van der Waals surface area contributed by atoms with E-state index in [2.05, 4.69) is 20.2 Å². The number of rotatable bonds is 10. The number of pyridine rings is 2. The summed E-state index contributed by atoms with van der Waals surface area (Å²) in [6.07, 6.45) is 14.3. The van der Waals surface area contributed by atoms with Crippen molar-refractivity contribution in [2.75, 3.05) is 13.2 Å². The number of halogens is 2. The van der Waals surface area contributed by atoms with E-state index in [1.165, 1.54) is 62.1 Å². The molecule has 4 aromatic rings. The summed E-state index contributed by atoms with van der Waals surface area (Å²) in [5, 5.41) is 17.8. The summed E-state index contributed by atoms with van der Waals surface area (Å²) in [6, 6.07) is 9.91. The van der Waals surface area contributed by atoms with Crippen molar-refractivity contribution in [3.63, 3.8) is 0 Å². The van der Waals surface area contributed by atoms with Gasteiger partial charge in [0.25, 0.3) is 0 Å². The van der Waals surface area contributed by atoms with Crippen LogP contribution in [0.3, 0.4) is 0 Å². The Hall–Kier alpha value is -4.16. The van der Waals surface area contributed by atoms with Crippen molar-refractivity contribution in [2.24, 2.45) is 35.5 Å². The molecule has 0 unspecified atom stereocenters. The number of ether oxygens (including phenoxy) is 3. The molecule has 12 nitrogen and oxygen atoms in total. The predicted octanol–water partition coefficient (Wildman–Crippen LogP) is 8.12. The van der Waals surface area contributed by atoms with Crippen molar-refractivity contribution in [1.29, 1.82) is 0 Å². The summed E-state index contributed by atoms with van der Waals surface area (Å²) < 4.78 is 20.3. The van der Waals surface area contributed by atoms with E-state index in [1.54, 1.807) is 41.3 Å². The first-order chi connectivity index (χ1) is 24.9. The first-order valence-corrected chi connectivity index (χ1v) is 18.8. The number of nitrogens with zero attached hydrogens (tertiary/aromatic N) is 6. The Labute approximate surface area is 312 Å². The van der Waals surface area contributed by atoms with Gasteiger partial charge in [-0.2, -0.15) is 0 Å². The number of carbonyl (C=O) groups is 2. The van der Waals surface area contributed by atoms with Crippen molar-refractivity contribution in [3.8, 4) is 23.4 Å². The molecule has 4 heterocycles. The maximum atomic E-state index is 12.2. The van der Waals surface area contributed by atoms with Crippen molar-refractivity contribution >= 4 is 35.1 Å². The fourth-order valence-corrected chi connectivity index (χ4v) is 8.91. The molecule has 4 bridgehead atoms. The lowest BCUT2D eigenvalue weighted by Crippen LogP contribution is -2.24. The average Bonchev–Trinajstić information content (AvgIpc) is 3.97. The zero-order valence-electron chi connectivity index (χ0n) is 29.6. The average molecular weight is 752 g/mol. The van der Waals surface area contributed by atoms with E-state index in [-0.39, 0.29) is 21.4 Å². The molecular formula is C38H44Cl2N6O6. The van der Waals surface area contributed by atoms with Crippen LogP contribution in [0.5, 0.6) is 11.8 Å². The van der Waals surface area contributed by atoms with Crippen molar-refractivity contribution in [3.05, 3.63) is 70.2 Å². The van der Waals surface area contributed by atoms with E-state index in [0.717, 1.165) is 36.9 Å². The molecule has 0 aliphatic heterocycles. The Morgan fingerprint density at radius 1 is 0.692 bits per heavy atom.